The SMILES string of the molecule is CCCCCCC(CCCCCC)c1ncnc(Cl)c1Br. The lowest BCUT2D eigenvalue weighted by atomic mass is 9.91. The third kappa shape index (κ3) is 7.10. The Balaban J connectivity index is 2.63. The van der Waals surface area contributed by atoms with Crippen LogP contribution in [0.15, 0.2) is 10.8 Å². The topological polar surface area (TPSA) is 25.8 Å². The Bertz CT molecular complexity index is 386. The maximum Gasteiger partial charge on any atom is 0.146 e. The van der Waals surface area contributed by atoms with E-state index in [1.165, 1.54) is 64.2 Å². The van der Waals surface area contributed by atoms with Gasteiger partial charge >= 0.3 is 0 Å². The molecule has 0 aromatic carbocycles. The van der Waals surface area contributed by atoms with E-state index in [1.807, 2.05) is 0 Å². The maximum absolute atomic E-state index is 6.13. The van der Waals surface area contributed by atoms with Crippen LogP contribution in [0.25, 0.3) is 0 Å². The van der Waals surface area contributed by atoms with Crippen LogP contribution in [0.2, 0.25) is 5.15 Å². The molecule has 0 saturated heterocycles. The molecule has 0 aliphatic heterocycles. The van der Waals surface area contributed by atoms with Crippen molar-refractivity contribution in [3.63, 3.8) is 0 Å². The van der Waals surface area contributed by atoms with Crippen LogP contribution < -0.4 is 0 Å². The van der Waals surface area contributed by atoms with E-state index >= 15 is 0 Å². The zero-order valence-electron chi connectivity index (χ0n) is 13.4. The Morgan fingerprint density at radius 2 is 1.52 bits per heavy atom. The summed E-state index contributed by atoms with van der Waals surface area (Å²) in [4.78, 5) is 8.54. The maximum atomic E-state index is 6.13. The van der Waals surface area contributed by atoms with Gasteiger partial charge in [0.15, 0.2) is 0 Å². The summed E-state index contributed by atoms with van der Waals surface area (Å²) in [6.07, 6.45) is 14.4. The predicted octanol–water partition coefficient (Wildman–Crippen LogP) is 6.92. The van der Waals surface area contributed by atoms with Gasteiger partial charge in [-0.05, 0) is 28.8 Å². The van der Waals surface area contributed by atoms with Gasteiger partial charge in [-0.3, -0.25) is 0 Å². The molecule has 21 heavy (non-hydrogen) atoms. The van der Waals surface area contributed by atoms with Crippen molar-refractivity contribution in [1.29, 1.82) is 0 Å². The molecule has 0 aliphatic rings. The number of hydrogen-bond acceptors (Lipinski definition) is 2. The fourth-order valence-electron chi connectivity index (χ4n) is 2.70. The summed E-state index contributed by atoms with van der Waals surface area (Å²) in [6, 6.07) is 0. The lowest BCUT2D eigenvalue weighted by Crippen LogP contribution is -2.04. The summed E-state index contributed by atoms with van der Waals surface area (Å²) in [5.74, 6) is 0.508. The standard InChI is InChI=1S/C17H28BrClN2/c1-3-5-7-9-11-14(12-10-8-6-4-2)16-15(18)17(19)21-13-20-16/h13-14H,3-12H2,1-2H3. The van der Waals surface area contributed by atoms with E-state index in [-0.39, 0.29) is 0 Å². The summed E-state index contributed by atoms with van der Waals surface area (Å²) in [7, 11) is 0. The highest BCUT2D eigenvalue weighted by atomic mass is 79.9. The Morgan fingerprint density at radius 3 is 2.05 bits per heavy atom. The minimum Gasteiger partial charge on any atom is -0.240 e. The van der Waals surface area contributed by atoms with E-state index in [2.05, 4.69) is 39.7 Å². The summed E-state index contributed by atoms with van der Waals surface area (Å²) in [6.45, 7) is 4.51. The van der Waals surface area contributed by atoms with Gasteiger partial charge in [-0.2, -0.15) is 0 Å². The average Bonchev–Trinajstić information content (AvgIpc) is 2.49. The predicted molar refractivity (Wildman–Crippen MR) is 95.0 cm³/mol. The van der Waals surface area contributed by atoms with Crippen LogP contribution in [0, 0.1) is 0 Å². The lowest BCUT2D eigenvalue weighted by molar-refractivity contribution is 0.486. The van der Waals surface area contributed by atoms with E-state index < -0.39 is 0 Å². The molecular formula is C17H28BrClN2. The van der Waals surface area contributed by atoms with Crippen LogP contribution in [0.4, 0.5) is 0 Å². The molecule has 2 nitrogen and oxygen atoms in total. The van der Waals surface area contributed by atoms with Crippen molar-refractivity contribution in [3.8, 4) is 0 Å². The van der Waals surface area contributed by atoms with Crippen LogP contribution in [0.1, 0.15) is 89.7 Å². The summed E-state index contributed by atoms with van der Waals surface area (Å²) < 4.78 is 0.891. The Labute approximate surface area is 143 Å². The van der Waals surface area contributed by atoms with Gasteiger partial charge in [0.1, 0.15) is 11.5 Å². The van der Waals surface area contributed by atoms with Crippen LogP contribution in [-0.4, -0.2) is 9.97 Å². The van der Waals surface area contributed by atoms with E-state index in [9.17, 15) is 0 Å². The first kappa shape index (κ1) is 18.9. The Morgan fingerprint density at radius 1 is 0.952 bits per heavy atom. The molecule has 0 amide bonds. The quantitative estimate of drug-likeness (QED) is 0.310. The molecule has 120 valence electrons. The summed E-state index contributed by atoms with van der Waals surface area (Å²) in [5, 5.41) is 0.534. The van der Waals surface area contributed by atoms with E-state index in [0.29, 0.717) is 11.1 Å². The van der Waals surface area contributed by atoms with E-state index in [4.69, 9.17) is 11.6 Å². The van der Waals surface area contributed by atoms with Crippen molar-refractivity contribution in [1.82, 2.24) is 9.97 Å². The number of halogens is 2. The molecule has 0 bridgehead atoms. The van der Waals surface area contributed by atoms with Crippen molar-refractivity contribution < 1.29 is 0 Å². The van der Waals surface area contributed by atoms with E-state index in [0.717, 1.165) is 10.2 Å². The van der Waals surface area contributed by atoms with Gasteiger partial charge in [-0.25, -0.2) is 9.97 Å². The van der Waals surface area contributed by atoms with Gasteiger partial charge < -0.3 is 0 Å². The Hall–Kier alpha value is -0.150. The molecule has 0 N–H and O–H groups in total. The number of rotatable bonds is 11. The number of unbranched alkanes of at least 4 members (excludes halogenated alkanes) is 6. The van der Waals surface area contributed by atoms with Crippen LogP contribution >= 0.6 is 27.5 Å². The second-order valence-corrected chi connectivity index (χ2v) is 6.91. The molecule has 0 spiro atoms. The zero-order valence-corrected chi connectivity index (χ0v) is 15.7. The highest BCUT2D eigenvalue weighted by Crippen LogP contribution is 2.34. The van der Waals surface area contributed by atoms with Gasteiger partial charge in [-0.15, -0.1) is 0 Å². The first-order valence-electron chi connectivity index (χ1n) is 8.36. The van der Waals surface area contributed by atoms with Gasteiger partial charge in [-0.1, -0.05) is 76.8 Å². The number of hydrogen-bond donors (Lipinski definition) is 0. The number of aromatic nitrogens is 2. The molecule has 0 unspecified atom stereocenters. The number of nitrogens with zero attached hydrogens (tertiary/aromatic N) is 2. The highest BCUT2D eigenvalue weighted by Gasteiger charge is 2.18. The molecule has 1 rings (SSSR count). The first-order valence-corrected chi connectivity index (χ1v) is 9.53. The van der Waals surface area contributed by atoms with E-state index in [1.54, 1.807) is 6.33 Å². The molecule has 0 aliphatic carbocycles. The van der Waals surface area contributed by atoms with Gasteiger partial charge in [0.05, 0.1) is 10.2 Å². The largest absolute Gasteiger partial charge is 0.240 e. The van der Waals surface area contributed by atoms with Crippen LogP contribution in [0.5, 0.6) is 0 Å². The molecule has 0 atom stereocenters. The van der Waals surface area contributed by atoms with Crippen molar-refractivity contribution >= 4 is 27.5 Å². The van der Waals surface area contributed by atoms with Crippen LogP contribution in [-0.2, 0) is 0 Å². The molecule has 0 fully saturated rings. The molecular weight excluding hydrogens is 348 g/mol. The second kappa shape index (κ2) is 11.4. The van der Waals surface area contributed by atoms with Gasteiger partial charge in [0.25, 0.3) is 0 Å². The monoisotopic (exact) mass is 374 g/mol. The minimum atomic E-state index is 0.508. The van der Waals surface area contributed by atoms with Crippen molar-refractivity contribution in [2.45, 2.75) is 84.0 Å². The third-order valence-electron chi connectivity index (χ3n) is 3.97. The summed E-state index contributed by atoms with van der Waals surface area (Å²) in [5.41, 5.74) is 1.10. The van der Waals surface area contributed by atoms with Crippen LogP contribution in [0.3, 0.4) is 0 Å². The fraction of sp³-hybridized carbons (Fsp3) is 0.765. The highest BCUT2D eigenvalue weighted by molar-refractivity contribution is 9.10. The molecule has 0 saturated carbocycles. The molecule has 4 heteroatoms. The molecule has 1 heterocycles. The van der Waals surface area contributed by atoms with Gasteiger partial charge in [0, 0.05) is 5.92 Å². The van der Waals surface area contributed by atoms with Crippen molar-refractivity contribution in [3.05, 3.63) is 21.6 Å². The molecule has 0 radical (unpaired) electrons. The van der Waals surface area contributed by atoms with Gasteiger partial charge in [0.2, 0.25) is 0 Å². The minimum absolute atomic E-state index is 0.508. The normalized spacial score (nSPS) is 11.3. The average molecular weight is 376 g/mol. The fourth-order valence-corrected chi connectivity index (χ4v) is 3.37. The molecule has 1 aromatic heterocycles. The van der Waals surface area contributed by atoms with Crippen molar-refractivity contribution in [2.24, 2.45) is 0 Å². The zero-order chi connectivity index (χ0) is 15.5. The summed E-state index contributed by atoms with van der Waals surface area (Å²) >= 11 is 9.70. The smallest absolute Gasteiger partial charge is 0.146 e. The Kier molecular flexibility index (Phi) is 10.3. The van der Waals surface area contributed by atoms with Crippen molar-refractivity contribution in [2.75, 3.05) is 0 Å². The first-order chi connectivity index (χ1) is 10.2. The lowest BCUT2D eigenvalue weighted by Gasteiger charge is -2.18. The second-order valence-electron chi connectivity index (χ2n) is 5.76. The molecule has 1 aromatic rings. The third-order valence-corrected chi connectivity index (χ3v) is 5.27.